The van der Waals surface area contributed by atoms with Gasteiger partial charge in [0.1, 0.15) is 29.6 Å². The molecule has 0 saturated heterocycles. The van der Waals surface area contributed by atoms with Gasteiger partial charge in [0.15, 0.2) is 0 Å². The molecule has 43 heavy (non-hydrogen) atoms. The van der Waals surface area contributed by atoms with Crippen LogP contribution in [0.2, 0.25) is 0 Å². The molecule has 1 aromatic heterocycles. The molecule has 0 radical (unpaired) electrons. The third-order valence-electron chi connectivity index (χ3n) is 9.35. The Hall–Kier alpha value is -4.32. The molecule has 1 aliphatic heterocycles. The van der Waals surface area contributed by atoms with E-state index in [1.807, 2.05) is 77.8 Å². The largest absolute Gasteiger partial charge is 0.497 e. The summed E-state index contributed by atoms with van der Waals surface area (Å²) in [7, 11) is 1.64. The number of carbonyl (C=O) groups is 1. The maximum absolute atomic E-state index is 14.6. The number of hydrogen-bond donors (Lipinski definition) is 0. The number of para-hydroxylation sites is 1. The van der Waals surface area contributed by atoms with Crippen molar-refractivity contribution in [1.82, 2.24) is 0 Å². The van der Waals surface area contributed by atoms with Crippen LogP contribution in [-0.4, -0.2) is 24.9 Å². The molecule has 0 spiro atoms. The highest BCUT2D eigenvalue weighted by atomic mass is 16.5. The van der Waals surface area contributed by atoms with Crippen molar-refractivity contribution in [2.75, 3.05) is 12.1 Å². The third kappa shape index (κ3) is 5.71. The lowest BCUT2D eigenvalue weighted by Gasteiger charge is -2.44. The first-order valence-corrected chi connectivity index (χ1v) is 15.2. The number of esters is 1. The summed E-state index contributed by atoms with van der Waals surface area (Å²) in [5, 5.41) is 7.00. The van der Waals surface area contributed by atoms with E-state index in [0.717, 1.165) is 36.3 Å². The fourth-order valence-electron chi connectivity index (χ4n) is 6.90. The van der Waals surface area contributed by atoms with Crippen LogP contribution >= 0.6 is 0 Å². The fraction of sp³-hybridized carbons (Fsp3) is 0.351. The second-order valence-electron chi connectivity index (χ2n) is 12.4. The topological polar surface area (TPSA) is 64.3 Å². The van der Waals surface area contributed by atoms with E-state index in [1.54, 1.807) is 13.4 Å². The highest BCUT2D eigenvalue weighted by Crippen LogP contribution is 2.46. The second-order valence-corrected chi connectivity index (χ2v) is 12.4. The van der Waals surface area contributed by atoms with Gasteiger partial charge in [0.2, 0.25) is 0 Å². The Morgan fingerprint density at radius 3 is 2.26 bits per heavy atom. The zero-order chi connectivity index (χ0) is 30.0. The molecule has 1 fully saturated rings. The molecule has 6 heteroatoms. The van der Waals surface area contributed by atoms with Crippen LogP contribution in [0.15, 0.2) is 113 Å². The Morgan fingerprint density at radius 2 is 1.60 bits per heavy atom. The van der Waals surface area contributed by atoms with E-state index >= 15 is 0 Å². The molecule has 4 aromatic rings. The Bertz CT molecular complexity index is 1530. The van der Waals surface area contributed by atoms with Crippen LogP contribution in [0.3, 0.4) is 0 Å². The normalized spacial score (nSPS) is 24.0. The van der Waals surface area contributed by atoms with Crippen molar-refractivity contribution in [3.05, 3.63) is 120 Å². The number of anilines is 1. The van der Waals surface area contributed by atoms with Gasteiger partial charge < -0.3 is 13.9 Å². The maximum atomic E-state index is 14.6. The minimum absolute atomic E-state index is 0.161. The number of furan rings is 1. The molecule has 0 unspecified atom stereocenters. The van der Waals surface area contributed by atoms with Gasteiger partial charge in [-0.3, -0.25) is 9.80 Å². The van der Waals surface area contributed by atoms with Gasteiger partial charge in [-0.25, -0.2) is 0 Å². The lowest BCUT2D eigenvalue weighted by Crippen LogP contribution is -2.45. The van der Waals surface area contributed by atoms with Crippen LogP contribution in [0.1, 0.15) is 63.0 Å². The van der Waals surface area contributed by atoms with Crippen molar-refractivity contribution in [3.8, 4) is 5.75 Å². The number of hydrogen-bond acceptors (Lipinski definition) is 6. The van der Waals surface area contributed by atoms with E-state index in [-0.39, 0.29) is 23.4 Å². The van der Waals surface area contributed by atoms with Gasteiger partial charge in [0.25, 0.3) is 0 Å². The van der Waals surface area contributed by atoms with E-state index in [4.69, 9.17) is 19.0 Å². The summed E-state index contributed by atoms with van der Waals surface area (Å²) in [6.45, 7) is 6.83. The van der Waals surface area contributed by atoms with Gasteiger partial charge in [-0.15, -0.1) is 0 Å². The van der Waals surface area contributed by atoms with E-state index in [1.165, 1.54) is 5.56 Å². The molecular formula is C37H40N2O4. The number of ether oxygens (including phenoxy) is 2. The highest BCUT2D eigenvalue weighted by molar-refractivity contribution is 6.14. The average molecular weight is 577 g/mol. The zero-order valence-electron chi connectivity index (χ0n) is 25.4. The van der Waals surface area contributed by atoms with Crippen LogP contribution in [0.4, 0.5) is 5.69 Å². The molecule has 3 aromatic carbocycles. The van der Waals surface area contributed by atoms with Crippen molar-refractivity contribution in [2.24, 2.45) is 22.9 Å². The number of carbonyl (C=O) groups excluding carboxylic acids is 1. The molecule has 5 atom stereocenters. The molecule has 0 N–H and O–H groups in total. The molecule has 2 heterocycles. The first-order valence-electron chi connectivity index (χ1n) is 15.2. The van der Waals surface area contributed by atoms with Crippen LogP contribution < -0.4 is 9.75 Å². The first-order chi connectivity index (χ1) is 20.9. The molecule has 0 amide bonds. The van der Waals surface area contributed by atoms with Crippen LogP contribution in [-0.2, 0) is 14.9 Å². The number of benzene rings is 3. The minimum atomic E-state index is -0.697. The standard InChI is InChI=1S/C37H40N2O4/c1-25-17-22-30(37(2,3)27-12-7-5-8-13-27)32(24-25)43-36(40)33-34(26-18-20-29(41-4)21-19-26)38-39(28-14-9-6-10-15-28)35(33)31-16-11-23-42-31/h5-16,18-21,23,25,30,32-33,35H,17,22,24H2,1-4H3/t25-,30-,32-,33-,35+/m1/s1. The van der Waals surface area contributed by atoms with E-state index in [9.17, 15) is 4.79 Å². The molecule has 222 valence electrons. The summed E-state index contributed by atoms with van der Waals surface area (Å²) in [5.74, 6) is 1.09. The molecule has 1 aliphatic carbocycles. The van der Waals surface area contributed by atoms with Crippen LogP contribution in [0.25, 0.3) is 0 Å². The minimum Gasteiger partial charge on any atom is -0.497 e. The molecule has 2 aliphatic rings. The Kier molecular flexibility index (Phi) is 8.11. The lowest BCUT2D eigenvalue weighted by molar-refractivity contribution is -0.159. The summed E-state index contributed by atoms with van der Waals surface area (Å²) in [6.07, 6.45) is 4.39. The van der Waals surface area contributed by atoms with E-state index in [2.05, 4.69) is 45.0 Å². The number of rotatable bonds is 8. The van der Waals surface area contributed by atoms with Crippen molar-refractivity contribution in [1.29, 1.82) is 0 Å². The predicted octanol–water partition coefficient (Wildman–Crippen LogP) is 8.20. The molecule has 6 rings (SSSR count). The number of nitrogens with zero attached hydrogens (tertiary/aromatic N) is 2. The van der Waals surface area contributed by atoms with Crippen molar-refractivity contribution < 1.29 is 18.7 Å². The maximum Gasteiger partial charge on any atom is 0.318 e. The van der Waals surface area contributed by atoms with Crippen LogP contribution in [0, 0.1) is 17.8 Å². The van der Waals surface area contributed by atoms with Gasteiger partial charge in [-0.1, -0.05) is 75.7 Å². The van der Waals surface area contributed by atoms with Gasteiger partial charge in [-0.2, -0.15) is 5.10 Å². The zero-order valence-corrected chi connectivity index (χ0v) is 25.4. The SMILES string of the molecule is COc1ccc(C2=NN(c3ccccc3)[C@@H](c3ccco3)[C@@H]2C(=O)O[C@@H]2C[C@H](C)CC[C@H]2C(C)(C)c2ccccc2)cc1. The Morgan fingerprint density at radius 1 is 0.907 bits per heavy atom. The Balaban J connectivity index is 1.39. The summed E-state index contributed by atoms with van der Waals surface area (Å²) in [5.41, 5.74) is 3.47. The van der Waals surface area contributed by atoms with Crippen molar-refractivity contribution >= 4 is 17.4 Å². The summed E-state index contributed by atoms with van der Waals surface area (Å²) in [4.78, 5) is 14.6. The molecule has 0 bridgehead atoms. The third-order valence-corrected chi connectivity index (χ3v) is 9.35. The number of hydrazone groups is 1. The van der Waals surface area contributed by atoms with Crippen molar-refractivity contribution in [3.63, 3.8) is 0 Å². The highest BCUT2D eigenvalue weighted by Gasteiger charge is 2.49. The predicted molar refractivity (Wildman–Crippen MR) is 169 cm³/mol. The quantitative estimate of drug-likeness (QED) is 0.198. The fourth-order valence-corrected chi connectivity index (χ4v) is 6.90. The average Bonchev–Trinajstić information content (AvgIpc) is 3.70. The summed E-state index contributed by atoms with van der Waals surface area (Å²) >= 11 is 0. The van der Waals surface area contributed by atoms with E-state index < -0.39 is 12.0 Å². The van der Waals surface area contributed by atoms with Gasteiger partial charge in [0, 0.05) is 5.92 Å². The molecular weight excluding hydrogens is 536 g/mol. The number of methoxy groups -OCH3 is 1. The van der Waals surface area contributed by atoms with Gasteiger partial charge in [-0.05, 0) is 83.8 Å². The van der Waals surface area contributed by atoms with Gasteiger partial charge in [0.05, 0.1) is 24.8 Å². The monoisotopic (exact) mass is 576 g/mol. The molecule has 6 nitrogen and oxygen atoms in total. The van der Waals surface area contributed by atoms with E-state index in [0.29, 0.717) is 17.4 Å². The Labute approximate surface area is 254 Å². The van der Waals surface area contributed by atoms with Crippen molar-refractivity contribution in [2.45, 2.75) is 57.6 Å². The lowest BCUT2D eigenvalue weighted by atomic mass is 9.64. The smallest absolute Gasteiger partial charge is 0.318 e. The molecule has 1 saturated carbocycles. The summed E-state index contributed by atoms with van der Waals surface area (Å²) < 4.78 is 18.0. The van der Waals surface area contributed by atoms with Crippen LogP contribution in [0.5, 0.6) is 5.75 Å². The van der Waals surface area contributed by atoms with Gasteiger partial charge >= 0.3 is 5.97 Å². The first kappa shape index (κ1) is 28.8. The second kappa shape index (κ2) is 12.1. The summed E-state index contributed by atoms with van der Waals surface area (Å²) in [6, 6.07) is 31.5.